The molecule has 1 aliphatic heterocycles. The van der Waals surface area contributed by atoms with Crippen molar-refractivity contribution < 1.29 is 9.66 Å². The van der Waals surface area contributed by atoms with Crippen LogP contribution in [0.15, 0.2) is 12.1 Å². The molecule has 0 bridgehead atoms. The van der Waals surface area contributed by atoms with Crippen LogP contribution < -0.4 is 4.90 Å². The van der Waals surface area contributed by atoms with E-state index in [1.54, 1.807) is 7.11 Å². The van der Waals surface area contributed by atoms with Crippen LogP contribution >= 0.6 is 11.6 Å². The molecule has 18 heavy (non-hydrogen) atoms. The van der Waals surface area contributed by atoms with Gasteiger partial charge in [0.2, 0.25) is 0 Å². The van der Waals surface area contributed by atoms with Gasteiger partial charge in [-0.1, -0.05) is 11.6 Å². The molecule has 0 radical (unpaired) electrons. The summed E-state index contributed by atoms with van der Waals surface area (Å²) in [7, 11) is 1.70. The maximum absolute atomic E-state index is 10.8. The number of aromatic nitrogens is 1. The number of halogens is 1. The summed E-state index contributed by atoms with van der Waals surface area (Å²) in [4.78, 5) is 16.4. The number of ether oxygens (including phenoxy) is 1. The number of hydrogen-bond acceptors (Lipinski definition) is 5. The molecule has 1 aromatic rings. The average Bonchev–Trinajstić information content (AvgIpc) is 2.38. The van der Waals surface area contributed by atoms with Crippen LogP contribution in [0.1, 0.15) is 12.8 Å². The Morgan fingerprint density at radius 2 is 2.17 bits per heavy atom. The summed E-state index contributed by atoms with van der Waals surface area (Å²) in [5, 5.41) is 10.9. The molecule has 0 aromatic carbocycles. The molecular weight excluding hydrogens is 258 g/mol. The molecule has 1 aliphatic rings. The fourth-order valence-electron chi connectivity index (χ4n) is 2.06. The molecule has 98 valence electrons. The third kappa shape index (κ3) is 2.88. The topological polar surface area (TPSA) is 68.5 Å². The van der Waals surface area contributed by atoms with E-state index in [1.165, 1.54) is 12.1 Å². The van der Waals surface area contributed by atoms with Crippen LogP contribution in [0, 0.1) is 10.1 Å². The van der Waals surface area contributed by atoms with Gasteiger partial charge in [-0.05, 0) is 12.8 Å². The van der Waals surface area contributed by atoms with E-state index < -0.39 is 4.92 Å². The first-order chi connectivity index (χ1) is 8.60. The van der Waals surface area contributed by atoms with E-state index in [1.807, 2.05) is 4.90 Å². The lowest BCUT2D eigenvalue weighted by Gasteiger charge is -2.31. The van der Waals surface area contributed by atoms with Gasteiger partial charge in [-0.3, -0.25) is 10.1 Å². The smallest absolute Gasteiger partial charge is 0.276 e. The van der Waals surface area contributed by atoms with Gasteiger partial charge in [-0.15, -0.1) is 0 Å². The summed E-state index contributed by atoms with van der Waals surface area (Å²) in [5.41, 5.74) is -0.0288. The lowest BCUT2D eigenvalue weighted by atomic mass is 10.1. The Bertz CT molecular complexity index is 447. The number of hydrogen-bond donors (Lipinski definition) is 0. The second-order valence-corrected chi connectivity index (χ2v) is 4.57. The predicted molar refractivity (Wildman–Crippen MR) is 68.1 cm³/mol. The van der Waals surface area contributed by atoms with Gasteiger partial charge in [-0.2, -0.15) is 0 Å². The van der Waals surface area contributed by atoms with E-state index in [0.717, 1.165) is 25.9 Å². The van der Waals surface area contributed by atoms with Crippen LogP contribution in [0.4, 0.5) is 11.5 Å². The average molecular weight is 272 g/mol. The van der Waals surface area contributed by atoms with Crippen LogP contribution in [0.5, 0.6) is 0 Å². The second kappa shape index (κ2) is 5.49. The summed E-state index contributed by atoms with van der Waals surface area (Å²) in [6, 6.07) is 2.71. The van der Waals surface area contributed by atoms with Crippen molar-refractivity contribution in [3.8, 4) is 0 Å². The van der Waals surface area contributed by atoms with Gasteiger partial charge in [0.25, 0.3) is 5.69 Å². The van der Waals surface area contributed by atoms with E-state index >= 15 is 0 Å². The largest absolute Gasteiger partial charge is 0.381 e. The number of nitrogens with zero attached hydrogens (tertiary/aromatic N) is 3. The Morgan fingerprint density at radius 1 is 1.50 bits per heavy atom. The molecular formula is C11H14ClN3O3. The number of pyridine rings is 1. The van der Waals surface area contributed by atoms with E-state index in [9.17, 15) is 10.1 Å². The molecule has 0 saturated carbocycles. The maximum Gasteiger partial charge on any atom is 0.276 e. The number of anilines is 1. The van der Waals surface area contributed by atoms with Crippen molar-refractivity contribution in [2.24, 2.45) is 0 Å². The van der Waals surface area contributed by atoms with E-state index in [4.69, 9.17) is 16.3 Å². The van der Waals surface area contributed by atoms with E-state index in [0.29, 0.717) is 5.82 Å². The molecule has 2 rings (SSSR count). The van der Waals surface area contributed by atoms with Gasteiger partial charge in [0.15, 0.2) is 0 Å². The standard InChI is InChI=1S/C11H14ClN3O3/c1-18-9-2-4-14(5-3-9)11-7-8(15(16)17)6-10(12)13-11/h6-7,9H,2-5H2,1H3. The molecule has 0 N–H and O–H groups in total. The molecule has 0 aliphatic carbocycles. The summed E-state index contributed by atoms with van der Waals surface area (Å²) in [6.07, 6.45) is 2.03. The molecule has 2 heterocycles. The van der Waals surface area contributed by atoms with E-state index in [2.05, 4.69) is 4.98 Å². The Balaban J connectivity index is 2.16. The van der Waals surface area contributed by atoms with Crippen molar-refractivity contribution in [3.05, 3.63) is 27.4 Å². The minimum atomic E-state index is -0.459. The summed E-state index contributed by atoms with van der Waals surface area (Å²) in [5.74, 6) is 0.559. The lowest BCUT2D eigenvalue weighted by molar-refractivity contribution is -0.384. The summed E-state index contributed by atoms with van der Waals surface area (Å²) < 4.78 is 5.28. The van der Waals surface area contributed by atoms with Gasteiger partial charge in [0, 0.05) is 20.2 Å². The zero-order valence-corrected chi connectivity index (χ0v) is 10.8. The first-order valence-electron chi connectivity index (χ1n) is 5.70. The zero-order valence-electron chi connectivity index (χ0n) is 10.0. The normalized spacial score (nSPS) is 16.9. The Hall–Kier alpha value is -1.40. The fourth-order valence-corrected chi connectivity index (χ4v) is 2.26. The van der Waals surface area contributed by atoms with Crippen molar-refractivity contribution in [1.29, 1.82) is 0 Å². The minimum absolute atomic E-state index is 0.0288. The van der Waals surface area contributed by atoms with Crippen molar-refractivity contribution >= 4 is 23.1 Å². The highest BCUT2D eigenvalue weighted by Gasteiger charge is 2.21. The molecule has 1 saturated heterocycles. The molecule has 7 heteroatoms. The summed E-state index contributed by atoms with van der Waals surface area (Å²) in [6.45, 7) is 1.53. The van der Waals surface area contributed by atoms with Crippen LogP contribution in [-0.4, -0.2) is 36.2 Å². The number of methoxy groups -OCH3 is 1. The summed E-state index contributed by atoms with van der Waals surface area (Å²) >= 11 is 5.80. The van der Waals surface area contributed by atoms with Gasteiger partial charge >= 0.3 is 0 Å². The van der Waals surface area contributed by atoms with Crippen molar-refractivity contribution in [2.45, 2.75) is 18.9 Å². The van der Waals surface area contributed by atoms with Gasteiger partial charge in [-0.25, -0.2) is 4.98 Å². The molecule has 0 unspecified atom stereocenters. The first-order valence-corrected chi connectivity index (χ1v) is 6.07. The number of rotatable bonds is 3. The number of piperidine rings is 1. The zero-order chi connectivity index (χ0) is 13.1. The fraction of sp³-hybridized carbons (Fsp3) is 0.545. The van der Waals surface area contributed by atoms with Crippen LogP contribution in [-0.2, 0) is 4.74 Å². The van der Waals surface area contributed by atoms with Crippen LogP contribution in [0.3, 0.4) is 0 Å². The second-order valence-electron chi connectivity index (χ2n) is 4.19. The Morgan fingerprint density at radius 3 is 2.72 bits per heavy atom. The molecule has 0 atom stereocenters. The monoisotopic (exact) mass is 271 g/mol. The third-order valence-corrected chi connectivity index (χ3v) is 3.27. The Kier molecular flexibility index (Phi) is 3.98. The van der Waals surface area contributed by atoms with Crippen molar-refractivity contribution in [2.75, 3.05) is 25.1 Å². The van der Waals surface area contributed by atoms with Gasteiger partial charge < -0.3 is 9.64 Å². The SMILES string of the molecule is COC1CCN(c2cc([N+](=O)[O-])cc(Cl)n2)CC1. The first kappa shape index (κ1) is 13.0. The minimum Gasteiger partial charge on any atom is -0.381 e. The lowest BCUT2D eigenvalue weighted by Crippen LogP contribution is -2.37. The van der Waals surface area contributed by atoms with E-state index in [-0.39, 0.29) is 16.9 Å². The molecule has 6 nitrogen and oxygen atoms in total. The highest BCUT2D eigenvalue weighted by molar-refractivity contribution is 6.29. The highest BCUT2D eigenvalue weighted by Crippen LogP contribution is 2.25. The van der Waals surface area contributed by atoms with Crippen molar-refractivity contribution in [1.82, 2.24) is 4.98 Å². The maximum atomic E-state index is 10.8. The molecule has 0 spiro atoms. The quantitative estimate of drug-likeness (QED) is 0.479. The molecule has 1 fully saturated rings. The van der Waals surface area contributed by atoms with Crippen molar-refractivity contribution in [3.63, 3.8) is 0 Å². The Labute approximate surface area is 110 Å². The number of nitro groups is 1. The van der Waals surface area contributed by atoms with Crippen LogP contribution in [0.2, 0.25) is 5.15 Å². The van der Waals surface area contributed by atoms with Gasteiger partial charge in [0.05, 0.1) is 23.2 Å². The van der Waals surface area contributed by atoms with Crippen LogP contribution in [0.25, 0.3) is 0 Å². The third-order valence-electron chi connectivity index (χ3n) is 3.08. The molecule has 1 aromatic heterocycles. The van der Waals surface area contributed by atoms with Gasteiger partial charge in [0.1, 0.15) is 11.0 Å². The highest BCUT2D eigenvalue weighted by atomic mass is 35.5. The molecule has 0 amide bonds. The predicted octanol–water partition coefficient (Wildman–Crippen LogP) is 2.26.